The number of pyridine rings is 1. The van der Waals surface area contributed by atoms with Crippen LogP contribution < -0.4 is 10.6 Å². The maximum absolute atomic E-state index is 4.46. The Kier molecular flexibility index (Phi) is 3.44. The van der Waals surface area contributed by atoms with E-state index in [1.54, 1.807) is 0 Å². The number of hydrogen-bond acceptors (Lipinski definition) is 3. The smallest absolute Gasteiger partial charge is 0.126 e. The van der Waals surface area contributed by atoms with E-state index in [4.69, 9.17) is 0 Å². The molecule has 1 fully saturated rings. The number of piperidine rings is 1. The first-order valence-electron chi connectivity index (χ1n) is 6.06. The number of hydrogen-bond donors (Lipinski definition) is 2. The molecule has 1 aliphatic heterocycles. The minimum atomic E-state index is 0.365. The van der Waals surface area contributed by atoms with Gasteiger partial charge >= 0.3 is 0 Å². The van der Waals surface area contributed by atoms with Crippen molar-refractivity contribution in [3.63, 3.8) is 0 Å². The lowest BCUT2D eigenvalue weighted by Crippen LogP contribution is -2.42. The molecular weight excluding hydrogens is 198 g/mol. The molecule has 88 valence electrons. The Morgan fingerprint density at radius 3 is 3.06 bits per heavy atom. The normalized spacial score (nSPS) is 25.4. The van der Waals surface area contributed by atoms with Gasteiger partial charge in [0.05, 0.1) is 0 Å². The van der Waals surface area contributed by atoms with Crippen molar-refractivity contribution in [1.82, 2.24) is 10.3 Å². The molecule has 16 heavy (non-hydrogen) atoms. The quantitative estimate of drug-likeness (QED) is 0.818. The molecule has 0 aliphatic carbocycles. The summed E-state index contributed by atoms with van der Waals surface area (Å²) in [7, 11) is 0. The van der Waals surface area contributed by atoms with Crippen LogP contribution >= 0.6 is 0 Å². The van der Waals surface area contributed by atoms with Crippen molar-refractivity contribution in [2.24, 2.45) is 5.41 Å². The van der Waals surface area contributed by atoms with Crippen LogP contribution in [0, 0.1) is 12.3 Å². The number of aromatic nitrogens is 1. The Labute approximate surface area is 97.7 Å². The minimum absolute atomic E-state index is 0.365. The van der Waals surface area contributed by atoms with E-state index in [9.17, 15) is 0 Å². The molecule has 0 spiro atoms. The van der Waals surface area contributed by atoms with Crippen LogP contribution in [-0.4, -0.2) is 24.6 Å². The second-order valence-corrected chi connectivity index (χ2v) is 5.11. The first kappa shape index (κ1) is 11.4. The van der Waals surface area contributed by atoms with Gasteiger partial charge in [0.1, 0.15) is 5.82 Å². The van der Waals surface area contributed by atoms with Crippen LogP contribution in [0.15, 0.2) is 18.2 Å². The first-order valence-corrected chi connectivity index (χ1v) is 6.06. The fraction of sp³-hybridized carbons (Fsp3) is 0.615. The second kappa shape index (κ2) is 4.83. The zero-order valence-corrected chi connectivity index (χ0v) is 10.2. The summed E-state index contributed by atoms with van der Waals surface area (Å²) in [4.78, 5) is 4.46. The molecule has 1 aliphatic rings. The third-order valence-corrected chi connectivity index (χ3v) is 3.27. The minimum Gasteiger partial charge on any atom is -0.369 e. The van der Waals surface area contributed by atoms with E-state index in [0.717, 1.165) is 31.1 Å². The van der Waals surface area contributed by atoms with E-state index in [1.807, 2.05) is 25.1 Å². The predicted molar refractivity (Wildman–Crippen MR) is 67.7 cm³/mol. The van der Waals surface area contributed by atoms with Crippen LogP contribution in [0.4, 0.5) is 5.82 Å². The van der Waals surface area contributed by atoms with Gasteiger partial charge in [-0.25, -0.2) is 4.98 Å². The van der Waals surface area contributed by atoms with Crippen molar-refractivity contribution in [3.05, 3.63) is 23.9 Å². The van der Waals surface area contributed by atoms with E-state index in [2.05, 4.69) is 22.5 Å². The summed E-state index contributed by atoms with van der Waals surface area (Å²) in [5.74, 6) is 0.992. The zero-order valence-electron chi connectivity index (χ0n) is 10.2. The number of rotatable bonds is 3. The summed E-state index contributed by atoms with van der Waals surface area (Å²) < 4.78 is 0. The SMILES string of the molecule is Cc1cccc(NCC2(C)CCCNC2)n1. The molecule has 1 aromatic rings. The van der Waals surface area contributed by atoms with Crippen LogP contribution in [0.25, 0.3) is 0 Å². The molecule has 1 aromatic heterocycles. The molecule has 2 rings (SSSR count). The highest BCUT2D eigenvalue weighted by Crippen LogP contribution is 2.25. The lowest BCUT2D eigenvalue weighted by molar-refractivity contribution is 0.253. The third kappa shape index (κ3) is 2.95. The lowest BCUT2D eigenvalue weighted by atomic mass is 9.83. The molecule has 0 radical (unpaired) electrons. The molecule has 3 heteroatoms. The van der Waals surface area contributed by atoms with Gasteiger partial charge in [-0.1, -0.05) is 13.0 Å². The summed E-state index contributed by atoms with van der Waals surface area (Å²) in [6.07, 6.45) is 2.57. The number of aryl methyl sites for hydroxylation is 1. The topological polar surface area (TPSA) is 37.0 Å². The highest BCUT2D eigenvalue weighted by Gasteiger charge is 2.26. The summed E-state index contributed by atoms with van der Waals surface area (Å²) in [6, 6.07) is 6.10. The van der Waals surface area contributed by atoms with Crippen LogP contribution in [0.2, 0.25) is 0 Å². The maximum Gasteiger partial charge on any atom is 0.126 e. The summed E-state index contributed by atoms with van der Waals surface area (Å²) in [5, 5.41) is 6.91. The molecule has 3 nitrogen and oxygen atoms in total. The molecule has 1 atom stereocenters. The van der Waals surface area contributed by atoms with Gasteiger partial charge in [0.25, 0.3) is 0 Å². The Morgan fingerprint density at radius 1 is 1.50 bits per heavy atom. The standard InChI is InChI=1S/C13H21N3/c1-11-5-3-6-12(16-11)15-10-13(2)7-4-8-14-9-13/h3,5-6,14H,4,7-10H2,1-2H3,(H,15,16). The molecule has 0 amide bonds. The third-order valence-electron chi connectivity index (χ3n) is 3.27. The fourth-order valence-electron chi connectivity index (χ4n) is 2.22. The number of nitrogens with one attached hydrogen (secondary N) is 2. The van der Waals surface area contributed by atoms with E-state index in [0.29, 0.717) is 5.41 Å². The Bertz CT molecular complexity index is 343. The first-order chi connectivity index (χ1) is 7.68. The summed E-state index contributed by atoms with van der Waals surface area (Å²) in [6.45, 7) is 7.62. The van der Waals surface area contributed by atoms with E-state index < -0.39 is 0 Å². The van der Waals surface area contributed by atoms with E-state index in [-0.39, 0.29) is 0 Å². The molecule has 1 unspecified atom stereocenters. The predicted octanol–water partition coefficient (Wildman–Crippen LogP) is 2.19. The van der Waals surface area contributed by atoms with Gasteiger partial charge in [-0.05, 0) is 43.9 Å². The fourth-order valence-corrected chi connectivity index (χ4v) is 2.22. The maximum atomic E-state index is 4.46. The van der Waals surface area contributed by atoms with Gasteiger partial charge < -0.3 is 10.6 Å². The average Bonchev–Trinajstić information content (AvgIpc) is 2.28. The molecule has 0 bridgehead atoms. The number of anilines is 1. The highest BCUT2D eigenvalue weighted by atomic mass is 15.0. The van der Waals surface area contributed by atoms with Gasteiger partial charge in [-0.2, -0.15) is 0 Å². The molecular formula is C13H21N3. The Hall–Kier alpha value is -1.09. The molecule has 0 aromatic carbocycles. The van der Waals surface area contributed by atoms with Crippen LogP contribution in [-0.2, 0) is 0 Å². The monoisotopic (exact) mass is 219 g/mol. The molecule has 2 N–H and O–H groups in total. The summed E-state index contributed by atoms with van der Waals surface area (Å²) >= 11 is 0. The van der Waals surface area contributed by atoms with Crippen molar-refractivity contribution in [2.75, 3.05) is 25.0 Å². The zero-order chi connectivity index (χ0) is 11.4. The Balaban J connectivity index is 1.91. The van der Waals surface area contributed by atoms with E-state index >= 15 is 0 Å². The van der Waals surface area contributed by atoms with E-state index in [1.165, 1.54) is 12.8 Å². The van der Waals surface area contributed by atoms with Gasteiger partial charge in [0.15, 0.2) is 0 Å². The van der Waals surface area contributed by atoms with Gasteiger partial charge in [0.2, 0.25) is 0 Å². The van der Waals surface area contributed by atoms with Gasteiger partial charge in [0, 0.05) is 18.8 Å². The highest BCUT2D eigenvalue weighted by molar-refractivity contribution is 5.35. The molecule has 2 heterocycles. The van der Waals surface area contributed by atoms with Crippen LogP contribution in [0.3, 0.4) is 0 Å². The van der Waals surface area contributed by atoms with Crippen molar-refractivity contribution in [1.29, 1.82) is 0 Å². The van der Waals surface area contributed by atoms with Crippen molar-refractivity contribution < 1.29 is 0 Å². The second-order valence-electron chi connectivity index (χ2n) is 5.11. The van der Waals surface area contributed by atoms with Gasteiger partial charge in [-0.15, -0.1) is 0 Å². The lowest BCUT2D eigenvalue weighted by Gasteiger charge is -2.34. The largest absolute Gasteiger partial charge is 0.369 e. The van der Waals surface area contributed by atoms with Crippen molar-refractivity contribution >= 4 is 5.82 Å². The summed E-state index contributed by atoms with van der Waals surface area (Å²) in [5.41, 5.74) is 1.43. The number of nitrogens with zero attached hydrogens (tertiary/aromatic N) is 1. The molecule has 0 saturated carbocycles. The van der Waals surface area contributed by atoms with Gasteiger partial charge in [-0.3, -0.25) is 0 Å². The average molecular weight is 219 g/mol. The van der Waals surface area contributed by atoms with Crippen LogP contribution in [0.5, 0.6) is 0 Å². The van der Waals surface area contributed by atoms with Crippen molar-refractivity contribution in [3.8, 4) is 0 Å². The Morgan fingerprint density at radius 2 is 2.38 bits per heavy atom. The van der Waals surface area contributed by atoms with Crippen molar-refractivity contribution in [2.45, 2.75) is 26.7 Å². The molecule has 1 saturated heterocycles. The van der Waals surface area contributed by atoms with Crippen LogP contribution in [0.1, 0.15) is 25.5 Å².